The third-order valence-electron chi connectivity index (χ3n) is 3.40. The summed E-state index contributed by atoms with van der Waals surface area (Å²) in [5, 5.41) is 1.72. The zero-order valence-corrected chi connectivity index (χ0v) is 12.6. The van der Waals surface area contributed by atoms with E-state index in [0.717, 1.165) is 36.8 Å². The molecule has 1 fully saturated rings. The highest BCUT2D eigenvalue weighted by atomic mass is 79.9. The Morgan fingerprint density at radius 2 is 2.33 bits per heavy atom. The zero-order valence-electron chi connectivity index (χ0n) is 10.2. The van der Waals surface area contributed by atoms with Crippen LogP contribution in [0.15, 0.2) is 24.3 Å². The van der Waals surface area contributed by atoms with E-state index in [0.29, 0.717) is 17.4 Å². The highest BCUT2D eigenvalue weighted by Gasteiger charge is 2.25. The van der Waals surface area contributed by atoms with Crippen molar-refractivity contribution in [3.8, 4) is 0 Å². The molecular formula is C14H17BrClNO. The van der Waals surface area contributed by atoms with Crippen LogP contribution in [0.1, 0.15) is 18.4 Å². The van der Waals surface area contributed by atoms with E-state index in [-0.39, 0.29) is 5.91 Å². The van der Waals surface area contributed by atoms with E-state index in [1.54, 1.807) is 0 Å². The molecule has 1 heterocycles. The van der Waals surface area contributed by atoms with Crippen LogP contribution in [0.2, 0.25) is 5.02 Å². The number of likely N-dealkylation sites (tertiary alicyclic amines) is 1. The van der Waals surface area contributed by atoms with E-state index < -0.39 is 0 Å². The van der Waals surface area contributed by atoms with Gasteiger partial charge in [-0.2, -0.15) is 0 Å². The van der Waals surface area contributed by atoms with Gasteiger partial charge in [-0.05, 0) is 36.5 Å². The second-order valence-electron chi connectivity index (χ2n) is 4.78. The second-order valence-corrected chi connectivity index (χ2v) is 6.01. The Hall–Kier alpha value is -0.540. The number of rotatable bonds is 4. The van der Waals surface area contributed by atoms with Gasteiger partial charge in [0.2, 0.25) is 5.91 Å². The molecule has 0 aliphatic carbocycles. The molecule has 1 saturated heterocycles. The molecule has 4 heteroatoms. The first kappa shape index (κ1) is 13.9. The van der Waals surface area contributed by atoms with Crippen molar-refractivity contribution in [2.24, 2.45) is 5.92 Å². The van der Waals surface area contributed by atoms with E-state index >= 15 is 0 Å². The van der Waals surface area contributed by atoms with Crippen LogP contribution < -0.4 is 0 Å². The highest BCUT2D eigenvalue weighted by Crippen LogP contribution is 2.21. The van der Waals surface area contributed by atoms with Crippen molar-refractivity contribution in [1.82, 2.24) is 4.90 Å². The summed E-state index contributed by atoms with van der Waals surface area (Å²) in [6.07, 6.45) is 2.75. The molecule has 0 aromatic heterocycles. The number of carbonyl (C=O) groups is 1. The molecule has 0 N–H and O–H groups in total. The minimum absolute atomic E-state index is 0.217. The molecule has 1 aromatic carbocycles. The number of carbonyl (C=O) groups excluding carboxylic acids is 1. The molecule has 1 aliphatic rings. The first-order chi connectivity index (χ1) is 8.69. The Morgan fingerprint density at radius 3 is 3.06 bits per heavy atom. The van der Waals surface area contributed by atoms with Crippen molar-refractivity contribution in [2.45, 2.75) is 19.3 Å². The van der Waals surface area contributed by atoms with E-state index in [1.807, 2.05) is 29.2 Å². The Bertz CT molecular complexity index is 424. The molecule has 1 atom stereocenters. The number of nitrogens with zero attached hydrogens (tertiary/aromatic N) is 1. The summed E-state index contributed by atoms with van der Waals surface area (Å²) in [7, 11) is 0. The minimum atomic E-state index is 0.217. The highest BCUT2D eigenvalue weighted by molar-refractivity contribution is 9.09. The monoisotopic (exact) mass is 329 g/mol. The van der Waals surface area contributed by atoms with Gasteiger partial charge in [0.05, 0.1) is 6.42 Å². The summed E-state index contributed by atoms with van der Waals surface area (Å²) in [6.45, 7) is 1.81. The summed E-state index contributed by atoms with van der Waals surface area (Å²) in [5.41, 5.74) is 0.997. The second kappa shape index (κ2) is 6.58. The van der Waals surface area contributed by atoms with E-state index in [9.17, 15) is 4.79 Å². The fourth-order valence-corrected chi connectivity index (χ4v) is 3.24. The molecule has 0 radical (unpaired) electrons. The van der Waals surface area contributed by atoms with E-state index in [1.165, 1.54) is 0 Å². The lowest BCUT2D eigenvalue weighted by atomic mass is 10.1. The zero-order chi connectivity index (χ0) is 13.0. The minimum Gasteiger partial charge on any atom is -0.342 e. The van der Waals surface area contributed by atoms with Gasteiger partial charge >= 0.3 is 0 Å². The maximum atomic E-state index is 12.1. The first-order valence-electron chi connectivity index (χ1n) is 6.27. The van der Waals surface area contributed by atoms with Crippen molar-refractivity contribution in [3.63, 3.8) is 0 Å². The smallest absolute Gasteiger partial charge is 0.226 e. The molecule has 0 saturated carbocycles. The van der Waals surface area contributed by atoms with E-state index in [2.05, 4.69) is 15.9 Å². The van der Waals surface area contributed by atoms with Crippen molar-refractivity contribution < 1.29 is 4.79 Å². The maximum absolute atomic E-state index is 12.1. The topological polar surface area (TPSA) is 20.3 Å². The Labute approximate surface area is 121 Å². The molecule has 1 aliphatic heterocycles. The van der Waals surface area contributed by atoms with Gasteiger partial charge in [-0.3, -0.25) is 4.79 Å². The average Bonchev–Trinajstić information content (AvgIpc) is 2.78. The fraction of sp³-hybridized carbons (Fsp3) is 0.500. The van der Waals surface area contributed by atoms with Gasteiger partial charge in [0.25, 0.3) is 0 Å². The molecule has 98 valence electrons. The van der Waals surface area contributed by atoms with Gasteiger partial charge in [0, 0.05) is 23.4 Å². The molecule has 1 aromatic rings. The summed E-state index contributed by atoms with van der Waals surface area (Å²) in [4.78, 5) is 14.1. The molecule has 0 spiro atoms. The Balaban J connectivity index is 1.89. The third-order valence-corrected chi connectivity index (χ3v) is 4.09. The molecule has 2 rings (SSSR count). The lowest BCUT2D eigenvalue weighted by Crippen LogP contribution is -2.30. The molecule has 2 nitrogen and oxygen atoms in total. The lowest BCUT2D eigenvalue weighted by molar-refractivity contribution is -0.129. The van der Waals surface area contributed by atoms with Crippen LogP contribution in [-0.2, 0) is 11.2 Å². The molecule has 0 bridgehead atoms. The maximum Gasteiger partial charge on any atom is 0.226 e. The van der Waals surface area contributed by atoms with Crippen molar-refractivity contribution >= 4 is 33.4 Å². The standard InChI is InChI=1S/C14H17BrClNO/c15-6-4-11-5-7-17(10-11)14(18)9-12-2-1-3-13(16)8-12/h1-3,8,11H,4-7,9-10H2. The van der Waals surface area contributed by atoms with Crippen LogP contribution in [0.5, 0.6) is 0 Å². The van der Waals surface area contributed by atoms with Crippen molar-refractivity contribution in [2.75, 3.05) is 18.4 Å². The van der Waals surface area contributed by atoms with Crippen LogP contribution in [0.25, 0.3) is 0 Å². The summed E-state index contributed by atoms with van der Waals surface area (Å²) >= 11 is 9.38. The van der Waals surface area contributed by atoms with Crippen LogP contribution >= 0.6 is 27.5 Å². The SMILES string of the molecule is O=C(Cc1cccc(Cl)c1)N1CCC(CCBr)C1. The van der Waals surface area contributed by atoms with Gasteiger partial charge < -0.3 is 4.90 Å². The molecule has 18 heavy (non-hydrogen) atoms. The first-order valence-corrected chi connectivity index (χ1v) is 7.77. The predicted molar refractivity (Wildman–Crippen MR) is 78.3 cm³/mol. The lowest BCUT2D eigenvalue weighted by Gasteiger charge is -2.16. The Kier molecular flexibility index (Phi) is 5.07. The summed E-state index contributed by atoms with van der Waals surface area (Å²) in [6, 6.07) is 7.54. The number of halogens is 2. The van der Waals surface area contributed by atoms with Gasteiger partial charge in [0.1, 0.15) is 0 Å². The average molecular weight is 331 g/mol. The Morgan fingerprint density at radius 1 is 1.50 bits per heavy atom. The largest absolute Gasteiger partial charge is 0.342 e. The van der Waals surface area contributed by atoms with Crippen LogP contribution in [0, 0.1) is 5.92 Å². The quantitative estimate of drug-likeness (QED) is 0.774. The van der Waals surface area contributed by atoms with Crippen molar-refractivity contribution in [1.29, 1.82) is 0 Å². The fourth-order valence-electron chi connectivity index (χ4n) is 2.38. The van der Waals surface area contributed by atoms with Crippen LogP contribution in [0.3, 0.4) is 0 Å². The normalized spacial score (nSPS) is 19.2. The molecule has 1 amide bonds. The summed E-state index contributed by atoms with van der Waals surface area (Å²) < 4.78 is 0. The number of hydrogen-bond donors (Lipinski definition) is 0. The number of alkyl halides is 1. The van der Waals surface area contributed by atoms with Gasteiger partial charge in [-0.1, -0.05) is 39.7 Å². The number of benzene rings is 1. The van der Waals surface area contributed by atoms with Gasteiger partial charge in [-0.15, -0.1) is 0 Å². The van der Waals surface area contributed by atoms with Crippen molar-refractivity contribution in [3.05, 3.63) is 34.9 Å². The molecular weight excluding hydrogens is 314 g/mol. The number of amides is 1. The predicted octanol–water partition coefficient (Wildman–Crippen LogP) is 3.52. The van der Waals surface area contributed by atoms with Crippen LogP contribution in [0.4, 0.5) is 0 Å². The van der Waals surface area contributed by atoms with Crippen LogP contribution in [-0.4, -0.2) is 29.2 Å². The molecule has 1 unspecified atom stereocenters. The van der Waals surface area contributed by atoms with Gasteiger partial charge in [-0.25, -0.2) is 0 Å². The van der Waals surface area contributed by atoms with E-state index in [4.69, 9.17) is 11.6 Å². The summed E-state index contributed by atoms with van der Waals surface area (Å²) in [5.74, 6) is 0.877. The van der Waals surface area contributed by atoms with Gasteiger partial charge in [0.15, 0.2) is 0 Å². The number of hydrogen-bond acceptors (Lipinski definition) is 1. The third kappa shape index (κ3) is 3.72.